The van der Waals surface area contributed by atoms with E-state index in [4.69, 9.17) is 0 Å². The zero-order chi connectivity index (χ0) is 19.9. The fourth-order valence-corrected chi connectivity index (χ4v) is 3.31. The van der Waals surface area contributed by atoms with Crippen LogP contribution in [0.15, 0.2) is 59.4 Å². The van der Waals surface area contributed by atoms with Gasteiger partial charge in [-0.2, -0.15) is 5.10 Å². The molecule has 1 N–H and O–H groups in total. The SMILES string of the molecule is CCN(CCCNC(=O)Cn1nc(C)c2ccccc2c1=O)c1ccccc1. The van der Waals surface area contributed by atoms with Crippen LogP contribution < -0.4 is 15.8 Å². The molecule has 3 aromatic rings. The lowest BCUT2D eigenvalue weighted by molar-refractivity contribution is -0.121. The molecular weight excluding hydrogens is 352 g/mol. The van der Waals surface area contributed by atoms with Crippen molar-refractivity contribution in [3.05, 3.63) is 70.6 Å². The number of nitrogens with one attached hydrogen (secondary N) is 1. The van der Waals surface area contributed by atoms with E-state index in [0.717, 1.165) is 30.6 Å². The van der Waals surface area contributed by atoms with Crippen LogP contribution in [-0.2, 0) is 11.3 Å². The van der Waals surface area contributed by atoms with E-state index in [-0.39, 0.29) is 18.0 Å². The molecule has 6 heteroatoms. The first-order chi connectivity index (χ1) is 13.6. The number of rotatable bonds is 8. The maximum atomic E-state index is 12.5. The topological polar surface area (TPSA) is 67.2 Å². The Morgan fingerprint density at radius 3 is 2.46 bits per heavy atom. The second-order valence-electron chi connectivity index (χ2n) is 6.71. The van der Waals surface area contributed by atoms with Crippen LogP contribution in [-0.4, -0.2) is 35.3 Å². The Hall–Kier alpha value is -3.15. The Bertz CT molecular complexity index is 998. The normalized spacial score (nSPS) is 10.8. The van der Waals surface area contributed by atoms with Crippen LogP contribution in [0.25, 0.3) is 10.8 Å². The predicted octanol–water partition coefficient (Wildman–Crippen LogP) is 2.74. The first kappa shape index (κ1) is 19.6. The second-order valence-corrected chi connectivity index (χ2v) is 6.71. The van der Waals surface area contributed by atoms with Crippen molar-refractivity contribution >= 4 is 22.4 Å². The number of amides is 1. The first-order valence-corrected chi connectivity index (χ1v) is 9.63. The molecule has 0 aliphatic rings. The van der Waals surface area contributed by atoms with Crippen LogP contribution in [0.2, 0.25) is 0 Å². The molecule has 1 heterocycles. The van der Waals surface area contributed by atoms with Crippen LogP contribution in [0.3, 0.4) is 0 Å². The molecule has 6 nitrogen and oxygen atoms in total. The fourth-order valence-electron chi connectivity index (χ4n) is 3.31. The number of hydrogen-bond acceptors (Lipinski definition) is 4. The van der Waals surface area contributed by atoms with Gasteiger partial charge in [-0.25, -0.2) is 4.68 Å². The summed E-state index contributed by atoms with van der Waals surface area (Å²) in [7, 11) is 0. The van der Waals surface area contributed by atoms with Crippen LogP contribution in [0.5, 0.6) is 0 Å². The monoisotopic (exact) mass is 378 g/mol. The van der Waals surface area contributed by atoms with Gasteiger partial charge < -0.3 is 10.2 Å². The molecule has 0 spiro atoms. The van der Waals surface area contributed by atoms with Gasteiger partial charge >= 0.3 is 0 Å². The van der Waals surface area contributed by atoms with Crippen molar-refractivity contribution in [1.29, 1.82) is 0 Å². The molecule has 0 aliphatic heterocycles. The van der Waals surface area contributed by atoms with Crippen LogP contribution in [0.4, 0.5) is 5.69 Å². The van der Waals surface area contributed by atoms with Crippen LogP contribution >= 0.6 is 0 Å². The van der Waals surface area contributed by atoms with E-state index < -0.39 is 0 Å². The van der Waals surface area contributed by atoms with Crippen molar-refractivity contribution in [2.45, 2.75) is 26.8 Å². The lowest BCUT2D eigenvalue weighted by Crippen LogP contribution is -2.35. The molecule has 0 radical (unpaired) electrons. The van der Waals surface area contributed by atoms with E-state index in [1.54, 1.807) is 6.07 Å². The van der Waals surface area contributed by atoms with Gasteiger partial charge in [-0.05, 0) is 38.5 Å². The molecule has 0 fully saturated rings. The van der Waals surface area contributed by atoms with Gasteiger partial charge in [-0.1, -0.05) is 36.4 Å². The van der Waals surface area contributed by atoms with Gasteiger partial charge in [-0.3, -0.25) is 9.59 Å². The van der Waals surface area contributed by atoms with Gasteiger partial charge in [0.2, 0.25) is 5.91 Å². The van der Waals surface area contributed by atoms with E-state index in [9.17, 15) is 9.59 Å². The third kappa shape index (κ3) is 4.57. The van der Waals surface area contributed by atoms with E-state index in [0.29, 0.717) is 11.9 Å². The van der Waals surface area contributed by atoms with Crippen molar-refractivity contribution in [2.75, 3.05) is 24.5 Å². The van der Waals surface area contributed by atoms with Gasteiger partial charge in [-0.15, -0.1) is 0 Å². The number of fused-ring (bicyclic) bond motifs is 1. The quantitative estimate of drug-likeness (QED) is 0.612. The van der Waals surface area contributed by atoms with E-state index in [2.05, 4.69) is 34.4 Å². The minimum absolute atomic E-state index is 0.0688. The van der Waals surface area contributed by atoms with Gasteiger partial charge in [0.1, 0.15) is 6.54 Å². The Morgan fingerprint density at radius 2 is 1.75 bits per heavy atom. The Kier molecular flexibility index (Phi) is 6.42. The summed E-state index contributed by atoms with van der Waals surface area (Å²) in [4.78, 5) is 27.1. The van der Waals surface area contributed by atoms with Gasteiger partial charge in [0.05, 0.1) is 11.1 Å². The van der Waals surface area contributed by atoms with Crippen LogP contribution in [0, 0.1) is 6.92 Å². The van der Waals surface area contributed by atoms with E-state index in [1.165, 1.54) is 10.4 Å². The van der Waals surface area contributed by atoms with Crippen molar-refractivity contribution in [1.82, 2.24) is 15.1 Å². The van der Waals surface area contributed by atoms with Gasteiger partial charge in [0, 0.05) is 30.7 Å². The van der Waals surface area contributed by atoms with E-state index >= 15 is 0 Å². The van der Waals surface area contributed by atoms with Crippen molar-refractivity contribution in [3.8, 4) is 0 Å². The summed E-state index contributed by atoms with van der Waals surface area (Å²) >= 11 is 0. The minimum Gasteiger partial charge on any atom is -0.372 e. The summed E-state index contributed by atoms with van der Waals surface area (Å²) in [5.41, 5.74) is 1.68. The summed E-state index contributed by atoms with van der Waals surface area (Å²) in [6, 6.07) is 17.6. The van der Waals surface area contributed by atoms with Gasteiger partial charge in [0.15, 0.2) is 0 Å². The lowest BCUT2D eigenvalue weighted by atomic mass is 10.1. The maximum Gasteiger partial charge on any atom is 0.275 e. The molecule has 1 amide bonds. The highest BCUT2D eigenvalue weighted by atomic mass is 16.2. The molecule has 0 aliphatic carbocycles. The summed E-state index contributed by atoms with van der Waals surface area (Å²) in [6.45, 7) is 6.22. The first-order valence-electron chi connectivity index (χ1n) is 9.63. The summed E-state index contributed by atoms with van der Waals surface area (Å²) in [6.07, 6.45) is 0.827. The highest BCUT2D eigenvalue weighted by molar-refractivity contribution is 5.83. The average molecular weight is 378 g/mol. The Labute approximate surface area is 164 Å². The molecule has 0 saturated carbocycles. The summed E-state index contributed by atoms with van der Waals surface area (Å²) in [5, 5.41) is 8.59. The molecule has 2 aromatic carbocycles. The average Bonchev–Trinajstić information content (AvgIpc) is 2.72. The van der Waals surface area contributed by atoms with E-state index in [1.807, 2.05) is 43.3 Å². The molecule has 146 valence electrons. The zero-order valence-corrected chi connectivity index (χ0v) is 16.4. The number of aryl methyl sites for hydroxylation is 1. The molecule has 1 aromatic heterocycles. The molecule has 0 unspecified atom stereocenters. The predicted molar refractivity (Wildman–Crippen MR) is 113 cm³/mol. The largest absolute Gasteiger partial charge is 0.372 e. The Balaban J connectivity index is 1.54. The third-order valence-corrected chi connectivity index (χ3v) is 4.78. The molecule has 0 bridgehead atoms. The van der Waals surface area contributed by atoms with Crippen molar-refractivity contribution in [3.63, 3.8) is 0 Å². The number of para-hydroxylation sites is 1. The van der Waals surface area contributed by atoms with Crippen molar-refractivity contribution in [2.24, 2.45) is 0 Å². The number of benzene rings is 2. The standard InChI is InChI=1S/C22H26N4O2/c1-3-25(18-10-5-4-6-11-18)15-9-14-23-21(27)16-26-22(28)20-13-8-7-12-19(20)17(2)24-26/h4-8,10-13H,3,9,14-16H2,1-2H3,(H,23,27). The van der Waals surface area contributed by atoms with Gasteiger partial charge in [0.25, 0.3) is 5.56 Å². The number of nitrogens with zero attached hydrogens (tertiary/aromatic N) is 3. The molecule has 3 rings (SSSR count). The number of carbonyl (C=O) groups excluding carboxylic acids is 1. The number of anilines is 1. The highest BCUT2D eigenvalue weighted by Crippen LogP contribution is 2.13. The molecule has 0 atom stereocenters. The lowest BCUT2D eigenvalue weighted by Gasteiger charge is -2.23. The summed E-state index contributed by atoms with van der Waals surface area (Å²) in [5.74, 6) is -0.202. The van der Waals surface area contributed by atoms with Crippen molar-refractivity contribution < 1.29 is 4.79 Å². The molecule has 28 heavy (non-hydrogen) atoms. The third-order valence-electron chi connectivity index (χ3n) is 4.78. The maximum absolute atomic E-state index is 12.5. The number of hydrogen-bond donors (Lipinski definition) is 1. The highest BCUT2D eigenvalue weighted by Gasteiger charge is 2.11. The van der Waals surface area contributed by atoms with Crippen LogP contribution in [0.1, 0.15) is 19.0 Å². The Morgan fingerprint density at radius 1 is 1.07 bits per heavy atom. The summed E-state index contributed by atoms with van der Waals surface area (Å²) < 4.78 is 1.25. The second kappa shape index (κ2) is 9.17. The zero-order valence-electron chi connectivity index (χ0n) is 16.4. The number of aromatic nitrogens is 2. The fraction of sp³-hybridized carbons (Fsp3) is 0.318. The number of carbonyl (C=O) groups is 1. The smallest absolute Gasteiger partial charge is 0.275 e. The minimum atomic E-state index is -0.238. The molecular formula is C22H26N4O2. The molecule has 0 saturated heterocycles.